The lowest BCUT2D eigenvalue weighted by atomic mass is 9.96. The zero-order chi connectivity index (χ0) is 19.1. The van der Waals surface area contributed by atoms with Crippen LogP contribution in [0.1, 0.15) is 36.7 Å². The molecule has 1 aliphatic heterocycles. The highest BCUT2D eigenvalue weighted by molar-refractivity contribution is 5.98. The minimum absolute atomic E-state index is 0.0207. The van der Waals surface area contributed by atoms with E-state index in [9.17, 15) is 4.79 Å². The summed E-state index contributed by atoms with van der Waals surface area (Å²) in [7, 11) is 2.11. The lowest BCUT2D eigenvalue weighted by Gasteiger charge is -2.27. The van der Waals surface area contributed by atoms with Gasteiger partial charge in [0.1, 0.15) is 0 Å². The van der Waals surface area contributed by atoms with Gasteiger partial charge in [0.05, 0.1) is 6.04 Å². The lowest BCUT2D eigenvalue weighted by Crippen LogP contribution is -2.32. The van der Waals surface area contributed by atoms with E-state index in [0.29, 0.717) is 0 Å². The molecule has 1 aromatic heterocycles. The molecule has 1 atom stereocenters. The van der Waals surface area contributed by atoms with Gasteiger partial charge in [0.25, 0.3) is 0 Å². The van der Waals surface area contributed by atoms with Crippen molar-refractivity contribution < 1.29 is 4.79 Å². The summed E-state index contributed by atoms with van der Waals surface area (Å²) in [5.74, 6) is 0.167. The highest BCUT2D eigenvalue weighted by Gasteiger charge is 2.37. The topological polar surface area (TPSA) is 25.2 Å². The number of hydrogen-bond donors (Lipinski definition) is 0. The van der Waals surface area contributed by atoms with E-state index in [1.807, 2.05) is 13.0 Å². The average molecular weight is 358 g/mol. The van der Waals surface area contributed by atoms with Crippen LogP contribution in [0.3, 0.4) is 0 Å². The zero-order valence-corrected chi connectivity index (χ0v) is 16.5. The monoisotopic (exact) mass is 358 g/mol. The first-order valence-corrected chi connectivity index (χ1v) is 9.57. The normalized spacial score (nSPS) is 17.4. The van der Waals surface area contributed by atoms with Gasteiger partial charge < -0.3 is 9.47 Å². The van der Waals surface area contributed by atoms with Crippen LogP contribution in [0.5, 0.6) is 0 Å². The number of aromatic nitrogens is 1. The fourth-order valence-electron chi connectivity index (χ4n) is 4.33. The van der Waals surface area contributed by atoms with Gasteiger partial charge in [-0.2, -0.15) is 0 Å². The Morgan fingerprint density at radius 3 is 2.33 bits per heavy atom. The second kappa shape index (κ2) is 6.73. The van der Waals surface area contributed by atoms with Crippen molar-refractivity contribution in [3.8, 4) is 0 Å². The Morgan fingerprint density at radius 1 is 0.926 bits per heavy atom. The number of para-hydroxylation sites is 1. The molecule has 0 bridgehead atoms. The second-order valence-corrected chi connectivity index (χ2v) is 7.52. The quantitative estimate of drug-likeness (QED) is 0.648. The largest absolute Gasteiger partial charge is 0.348 e. The van der Waals surface area contributed by atoms with Crippen molar-refractivity contribution in [2.24, 2.45) is 7.05 Å². The highest BCUT2D eigenvalue weighted by Crippen LogP contribution is 2.42. The molecule has 0 fully saturated rings. The second-order valence-electron chi connectivity index (χ2n) is 7.52. The van der Waals surface area contributed by atoms with Crippen LogP contribution in [0.2, 0.25) is 0 Å². The van der Waals surface area contributed by atoms with E-state index in [1.165, 1.54) is 33.3 Å². The van der Waals surface area contributed by atoms with Gasteiger partial charge >= 0.3 is 0 Å². The minimum atomic E-state index is 0.0207. The first-order chi connectivity index (χ1) is 13.0. The van der Waals surface area contributed by atoms with Crippen LogP contribution in [-0.2, 0) is 18.3 Å². The standard InChI is InChI=1S/C24H26N2O/c1-16-17(2)24(27)26(15-14-19-10-6-5-7-11-19)23(16)22-18(3)25(4)21-13-9-8-12-20(21)22/h5-13,23H,14-15H2,1-4H3/t23-/m0/s1. The molecule has 1 amide bonds. The van der Waals surface area contributed by atoms with Crippen LogP contribution in [0.15, 0.2) is 65.7 Å². The van der Waals surface area contributed by atoms with Gasteiger partial charge in [-0.25, -0.2) is 0 Å². The summed E-state index contributed by atoms with van der Waals surface area (Å²) in [6, 6.07) is 18.9. The summed E-state index contributed by atoms with van der Waals surface area (Å²) in [5.41, 5.74) is 7.04. The van der Waals surface area contributed by atoms with Gasteiger partial charge in [-0.3, -0.25) is 4.79 Å². The molecule has 0 spiro atoms. The number of fused-ring (bicyclic) bond motifs is 1. The van der Waals surface area contributed by atoms with Gasteiger partial charge in [-0.15, -0.1) is 0 Å². The summed E-state index contributed by atoms with van der Waals surface area (Å²) in [6.07, 6.45) is 0.869. The lowest BCUT2D eigenvalue weighted by molar-refractivity contribution is -0.127. The van der Waals surface area contributed by atoms with Gasteiger partial charge in [-0.1, -0.05) is 48.5 Å². The molecular formula is C24H26N2O. The third-order valence-electron chi connectivity index (χ3n) is 6.10. The number of benzene rings is 2. The van der Waals surface area contributed by atoms with E-state index >= 15 is 0 Å². The predicted molar refractivity (Wildman–Crippen MR) is 111 cm³/mol. The van der Waals surface area contributed by atoms with Crippen molar-refractivity contribution in [1.82, 2.24) is 9.47 Å². The van der Waals surface area contributed by atoms with Gasteiger partial charge in [0.2, 0.25) is 5.91 Å². The molecule has 2 aromatic carbocycles. The fraction of sp³-hybridized carbons (Fsp3) is 0.292. The summed E-state index contributed by atoms with van der Waals surface area (Å²) < 4.78 is 2.24. The van der Waals surface area contributed by atoms with E-state index in [0.717, 1.165) is 18.5 Å². The molecule has 1 aliphatic rings. The molecule has 0 saturated heterocycles. The van der Waals surface area contributed by atoms with Crippen molar-refractivity contribution in [2.75, 3.05) is 6.54 Å². The Labute approximate surface area is 160 Å². The molecular weight excluding hydrogens is 332 g/mol. The molecule has 4 rings (SSSR count). The van der Waals surface area contributed by atoms with E-state index < -0.39 is 0 Å². The van der Waals surface area contributed by atoms with Gasteiger partial charge in [-0.05, 0) is 44.4 Å². The van der Waals surface area contributed by atoms with Gasteiger partial charge in [0, 0.05) is 41.3 Å². The Balaban J connectivity index is 1.77. The van der Waals surface area contributed by atoms with Crippen LogP contribution < -0.4 is 0 Å². The molecule has 3 heteroatoms. The number of hydrogen-bond acceptors (Lipinski definition) is 1. The zero-order valence-electron chi connectivity index (χ0n) is 16.5. The number of rotatable bonds is 4. The molecule has 0 radical (unpaired) electrons. The average Bonchev–Trinajstić information content (AvgIpc) is 3.06. The summed E-state index contributed by atoms with van der Waals surface area (Å²) in [4.78, 5) is 15.1. The molecule has 3 aromatic rings. The molecule has 27 heavy (non-hydrogen) atoms. The maximum atomic E-state index is 13.0. The fourth-order valence-corrected chi connectivity index (χ4v) is 4.33. The van der Waals surface area contributed by atoms with Crippen molar-refractivity contribution in [3.63, 3.8) is 0 Å². The third kappa shape index (κ3) is 2.78. The first-order valence-electron chi connectivity index (χ1n) is 9.57. The van der Waals surface area contributed by atoms with Crippen molar-refractivity contribution in [3.05, 3.63) is 82.6 Å². The molecule has 138 valence electrons. The Hall–Kier alpha value is -2.81. The van der Waals surface area contributed by atoms with Crippen molar-refractivity contribution in [1.29, 1.82) is 0 Å². The number of aryl methyl sites for hydroxylation is 1. The highest BCUT2D eigenvalue weighted by atomic mass is 16.2. The van der Waals surface area contributed by atoms with Crippen LogP contribution in [0, 0.1) is 6.92 Å². The molecule has 0 saturated carbocycles. The van der Waals surface area contributed by atoms with E-state index in [4.69, 9.17) is 0 Å². The van der Waals surface area contributed by atoms with E-state index in [-0.39, 0.29) is 11.9 Å². The minimum Gasteiger partial charge on any atom is -0.348 e. The number of carbonyl (C=O) groups excluding carboxylic acids is 1. The van der Waals surface area contributed by atoms with Crippen molar-refractivity contribution >= 4 is 16.8 Å². The SMILES string of the molecule is CC1=C(C)[C@@H](c2c(C)n(C)c3ccccc23)N(CCc2ccccc2)C1=O. The van der Waals surface area contributed by atoms with Crippen LogP contribution in [0.25, 0.3) is 10.9 Å². The Kier molecular flexibility index (Phi) is 4.39. The number of amides is 1. The maximum absolute atomic E-state index is 13.0. The molecule has 0 aliphatic carbocycles. The molecule has 2 heterocycles. The first kappa shape index (κ1) is 17.6. The third-order valence-corrected chi connectivity index (χ3v) is 6.10. The van der Waals surface area contributed by atoms with Gasteiger partial charge in [0.15, 0.2) is 0 Å². The Morgan fingerprint density at radius 2 is 1.59 bits per heavy atom. The predicted octanol–water partition coefficient (Wildman–Crippen LogP) is 4.95. The number of nitrogens with zero attached hydrogens (tertiary/aromatic N) is 2. The summed E-state index contributed by atoms with van der Waals surface area (Å²) in [5, 5.41) is 1.24. The van der Waals surface area contributed by atoms with E-state index in [1.54, 1.807) is 0 Å². The smallest absolute Gasteiger partial charge is 0.250 e. The summed E-state index contributed by atoms with van der Waals surface area (Å²) in [6.45, 7) is 6.97. The number of carbonyl (C=O) groups is 1. The molecule has 3 nitrogen and oxygen atoms in total. The molecule has 0 unspecified atom stereocenters. The Bertz CT molecular complexity index is 1040. The molecule has 0 N–H and O–H groups in total. The van der Waals surface area contributed by atoms with Crippen molar-refractivity contribution in [2.45, 2.75) is 33.2 Å². The summed E-state index contributed by atoms with van der Waals surface area (Å²) >= 11 is 0. The van der Waals surface area contributed by atoms with Crippen LogP contribution in [0.4, 0.5) is 0 Å². The van der Waals surface area contributed by atoms with E-state index in [2.05, 4.69) is 78.9 Å². The van der Waals surface area contributed by atoms with Crippen LogP contribution in [-0.4, -0.2) is 21.9 Å². The van der Waals surface area contributed by atoms with Crippen LogP contribution >= 0.6 is 0 Å². The maximum Gasteiger partial charge on any atom is 0.250 e.